The highest BCUT2D eigenvalue weighted by atomic mass is 16.5. The second-order valence-electron chi connectivity index (χ2n) is 4.57. The van der Waals surface area contributed by atoms with Gasteiger partial charge in [-0.05, 0) is 43.3 Å². The number of hydrogen-bond donors (Lipinski definition) is 1. The van der Waals surface area contributed by atoms with Gasteiger partial charge in [0.25, 0.3) is 0 Å². The van der Waals surface area contributed by atoms with Gasteiger partial charge >= 0.3 is 5.97 Å². The predicted molar refractivity (Wildman–Crippen MR) is 76.6 cm³/mol. The first-order valence-electron chi connectivity index (χ1n) is 6.45. The van der Waals surface area contributed by atoms with Crippen LogP contribution in [0.4, 0.5) is 0 Å². The van der Waals surface area contributed by atoms with E-state index in [2.05, 4.69) is 10.2 Å². The molecule has 0 fully saturated rings. The average Bonchev–Trinajstić information content (AvgIpc) is 2.91. The molecule has 0 aliphatic rings. The number of carboxylic acids is 1. The van der Waals surface area contributed by atoms with E-state index in [1.165, 1.54) is 11.7 Å². The summed E-state index contributed by atoms with van der Waals surface area (Å²) in [6, 6.07) is 14.6. The number of benzene rings is 2. The van der Waals surface area contributed by atoms with Gasteiger partial charge in [0.1, 0.15) is 16.8 Å². The Hall–Kier alpha value is -2.89. The maximum Gasteiger partial charge on any atom is 0.344 e. The molecule has 6 heteroatoms. The van der Waals surface area contributed by atoms with Gasteiger partial charge in [0, 0.05) is 0 Å². The summed E-state index contributed by atoms with van der Waals surface area (Å²) in [4.78, 5) is 12.3. The lowest BCUT2D eigenvalue weighted by molar-refractivity contribution is -0.144. The van der Waals surface area contributed by atoms with Gasteiger partial charge in [0.2, 0.25) is 0 Å². The number of rotatable bonds is 4. The first-order chi connectivity index (χ1) is 10.1. The maximum absolute atomic E-state index is 10.7. The van der Waals surface area contributed by atoms with Crippen LogP contribution in [0.15, 0.2) is 48.5 Å². The van der Waals surface area contributed by atoms with Gasteiger partial charge in [0.15, 0.2) is 6.10 Å². The van der Waals surface area contributed by atoms with Crippen molar-refractivity contribution < 1.29 is 14.6 Å². The smallest absolute Gasteiger partial charge is 0.344 e. The molecule has 3 aromatic rings. The quantitative estimate of drug-likeness (QED) is 0.794. The lowest BCUT2D eigenvalue weighted by Gasteiger charge is -2.10. The van der Waals surface area contributed by atoms with E-state index in [0.29, 0.717) is 5.75 Å². The third kappa shape index (κ3) is 2.69. The van der Waals surface area contributed by atoms with E-state index in [-0.39, 0.29) is 0 Å². The molecule has 0 aliphatic carbocycles. The van der Waals surface area contributed by atoms with Crippen molar-refractivity contribution in [2.24, 2.45) is 0 Å². The Balaban J connectivity index is 1.85. The van der Waals surface area contributed by atoms with Crippen LogP contribution in [0, 0.1) is 0 Å². The molecule has 1 N–H and O–H groups in total. The Morgan fingerprint density at radius 3 is 2.19 bits per heavy atom. The fraction of sp³-hybridized carbons (Fsp3) is 0.133. The highest BCUT2D eigenvalue weighted by Crippen LogP contribution is 2.17. The van der Waals surface area contributed by atoms with Crippen molar-refractivity contribution >= 4 is 17.0 Å². The molecule has 21 heavy (non-hydrogen) atoms. The molecule has 0 amide bonds. The Bertz CT molecular complexity index is 747. The lowest BCUT2D eigenvalue weighted by atomic mass is 10.3. The van der Waals surface area contributed by atoms with Gasteiger partial charge in [-0.25, -0.2) is 4.79 Å². The summed E-state index contributed by atoms with van der Waals surface area (Å²) >= 11 is 0. The van der Waals surface area contributed by atoms with Crippen LogP contribution in [0.3, 0.4) is 0 Å². The van der Waals surface area contributed by atoms with Crippen LogP contribution < -0.4 is 4.74 Å². The molecular weight excluding hydrogens is 270 g/mol. The molecule has 2 aromatic carbocycles. The summed E-state index contributed by atoms with van der Waals surface area (Å²) in [5.41, 5.74) is 2.41. The molecule has 1 aromatic heterocycles. The molecule has 0 unspecified atom stereocenters. The summed E-state index contributed by atoms with van der Waals surface area (Å²) < 4.78 is 5.28. The molecule has 6 nitrogen and oxygen atoms in total. The number of aliphatic carboxylic acids is 1. The highest BCUT2D eigenvalue weighted by Gasteiger charge is 2.12. The SMILES string of the molecule is C[C@H](Oc1ccc(-n2nc3ccccc3n2)cc1)C(=O)O. The number of ether oxygens (including phenoxy) is 1. The van der Waals surface area contributed by atoms with E-state index >= 15 is 0 Å². The van der Waals surface area contributed by atoms with Crippen molar-refractivity contribution in [2.75, 3.05) is 0 Å². The van der Waals surface area contributed by atoms with Crippen LogP contribution in [-0.4, -0.2) is 32.2 Å². The fourth-order valence-electron chi connectivity index (χ4n) is 1.89. The Morgan fingerprint density at radius 1 is 1.10 bits per heavy atom. The zero-order valence-corrected chi connectivity index (χ0v) is 11.3. The minimum absolute atomic E-state index is 0.491. The number of fused-ring (bicyclic) bond motifs is 1. The number of aromatic nitrogens is 3. The van der Waals surface area contributed by atoms with Crippen molar-refractivity contribution in [3.63, 3.8) is 0 Å². The summed E-state index contributed by atoms with van der Waals surface area (Å²) in [7, 11) is 0. The third-order valence-corrected chi connectivity index (χ3v) is 3.01. The molecule has 0 bridgehead atoms. The maximum atomic E-state index is 10.7. The van der Waals surface area contributed by atoms with Crippen molar-refractivity contribution in [1.82, 2.24) is 15.0 Å². The largest absolute Gasteiger partial charge is 0.479 e. The standard InChI is InChI=1S/C15H13N3O3/c1-10(15(19)20)21-12-8-6-11(7-9-12)18-16-13-4-2-3-5-14(13)17-18/h2-10H,1H3,(H,19,20)/t10-/m0/s1. The van der Waals surface area contributed by atoms with Gasteiger partial charge in [-0.15, -0.1) is 10.2 Å². The Labute approximate surface area is 120 Å². The van der Waals surface area contributed by atoms with E-state index in [4.69, 9.17) is 9.84 Å². The number of carboxylic acid groups (broad SMARTS) is 1. The normalized spacial score (nSPS) is 12.2. The van der Waals surface area contributed by atoms with Crippen LogP contribution in [0.1, 0.15) is 6.92 Å². The van der Waals surface area contributed by atoms with Crippen molar-refractivity contribution in [2.45, 2.75) is 13.0 Å². The highest BCUT2D eigenvalue weighted by molar-refractivity contribution is 5.73. The molecule has 0 radical (unpaired) electrons. The van der Waals surface area contributed by atoms with Gasteiger partial charge < -0.3 is 9.84 Å². The minimum atomic E-state index is -1.00. The summed E-state index contributed by atoms with van der Waals surface area (Å²) in [5.74, 6) is -0.510. The summed E-state index contributed by atoms with van der Waals surface area (Å²) in [6.45, 7) is 1.48. The van der Waals surface area contributed by atoms with E-state index in [0.717, 1.165) is 16.7 Å². The molecule has 0 saturated heterocycles. The molecule has 0 spiro atoms. The van der Waals surface area contributed by atoms with Crippen molar-refractivity contribution in [3.8, 4) is 11.4 Å². The van der Waals surface area contributed by atoms with Crippen LogP contribution >= 0.6 is 0 Å². The molecule has 0 saturated carbocycles. The van der Waals surface area contributed by atoms with Crippen LogP contribution in [0.2, 0.25) is 0 Å². The topological polar surface area (TPSA) is 77.2 Å². The second-order valence-corrected chi connectivity index (χ2v) is 4.57. The number of nitrogens with zero attached hydrogens (tertiary/aromatic N) is 3. The molecule has 1 heterocycles. The lowest BCUT2D eigenvalue weighted by Crippen LogP contribution is -2.22. The van der Waals surface area contributed by atoms with E-state index in [9.17, 15) is 4.79 Å². The predicted octanol–water partition coefficient (Wildman–Crippen LogP) is 2.27. The van der Waals surface area contributed by atoms with E-state index in [1.807, 2.05) is 24.3 Å². The monoisotopic (exact) mass is 283 g/mol. The molecule has 0 aliphatic heterocycles. The Kier molecular flexibility index (Phi) is 3.27. The number of carbonyl (C=O) groups is 1. The van der Waals surface area contributed by atoms with Crippen LogP contribution in [-0.2, 0) is 4.79 Å². The number of hydrogen-bond acceptors (Lipinski definition) is 4. The summed E-state index contributed by atoms with van der Waals surface area (Å²) in [5, 5.41) is 17.6. The molecule has 3 rings (SSSR count). The average molecular weight is 283 g/mol. The summed E-state index contributed by atoms with van der Waals surface area (Å²) in [6.07, 6.45) is -0.888. The first kappa shape index (κ1) is 13.1. The van der Waals surface area contributed by atoms with E-state index in [1.54, 1.807) is 24.3 Å². The van der Waals surface area contributed by atoms with Crippen molar-refractivity contribution in [1.29, 1.82) is 0 Å². The Morgan fingerprint density at radius 2 is 1.67 bits per heavy atom. The minimum Gasteiger partial charge on any atom is -0.479 e. The molecule has 106 valence electrons. The zero-order chi connectivity index (χ0) is 14.8. The van der Waals surface area contributed by atoms with Gasteiger partial charge in [-0.1, -0.05) is 12.1 Å². The third-order valence-electron chi connectivity index (χ3n) is 3.01. The zero-order valence-electron chi connectivity index (χ0n) is 11.3. The van der Waals surface area contributed by atoms with Gasteiger partial charge in [0.05, 0.1) is 5.69 Å². The molecular formula is C15H13N3O3. The second kappa shape index (κ2) is 5.24. The van der Waals surface area contributed by atoms with E-state index < -0.39 is 12.1 Å². The van der Waals surface area contributed by atoms with Gasteiger partial charge in [-0.2, -0.15) is 4.80 Å². The van der Waals surface area contributed by atoms with Gasteiger partial charge in [-0.3, -0.25) is 0 Å². The molecule has 1 atom stereocenters. The first-order valence-corrected chi connectivity index (χ1v) is 6.45. The van der Waals surface area contributed by atoms with Crippen LogP contribution in [0.25, 0.3) is 16.7 Å². The van der Waals surface area contributed by atoms with Crippen LogP contribution in [0.5, 0.6) is 5.75 Å². The van der Waals surface area contributed by atoms with Crippen molar-refractivity contribution in [3.05, 3.63) is 48.5 Å². The fourth-order valence-corrected chi connectivity index (χ4v) is 1.89.